The average Bonchev–Trinajstić information content (AvgIpc) is 2.36. The molecular formula is C15H22O3. The molecule has 0 aliphatic heterocycles. The van der Waals surface area contributed by atoms with Crippen LogP contribution >= 0.6 is 0 Å². The van der Waals surface area contributed by atoms with Crippen LogP contribution in [0.25, 0.3) is 0 Å². The summed E-state index contributed by atoms with van der Waals surface area (Å²) in [5.41, 5.74) is 1.81. The second-order valence-electron chi connectivity index (χ2n) is 4.45. The van der Waals surface area contributed by atoms with Crippen molar-refractivity contribution in [1.82, 2.24) is 0 Å². The van der Waals surface area contributed by atoms with Gasteiger partial charge in [0.15, 0.2) is 0 Å². The Morgan fingerprint density at radius 1 is 1.33 bits per heavy atom. The molecule has 3 heteroatoms. The summed E-state index contributed by atoms with van der Waals surface area (Å²) in [7, 11) is 0. The van der Waals surface area contributed by atoms with Crippen LogP contribution in [0.2, 0.25) is 0 Å². The summed E-state index contributed by atoms with van der Waals surface area (Å²) in [6.07, 6.45) is 0.686. The van der Waals surface area contributed by atoms with E-state index in [0.717, 1.165) is 17.5 Å². The molecule has 3 nitrogen and oxygen atoms in total. The number of aliphatic hydroxyl groups is 1. The lowest BCUT2D eigenvalue weighted by molar-refractivity contribution is -0.152. The number of rotatable bonds is 6. The normalized spacial score (nSPS) is 14.0. The molecule has 0 bridgehead atoms. The summed E-state index contributed by atoms with van der Waals surface area (Å²) in [6.45, 7) is 6.06. The van der Waals surface area contributed by atoms with Gasteiger partial charge < -0.3 is 9.84 Å². The SMILES string of the molecule is CCCC(C(=O)OCC)C(O)c1ccccc1C. The van der Waals surface area contributed by atoms with E-state index in [2.05, 4.69) is 0 Å². The van der Waals surface area contributed by atoms with Gasteiger partial charge in [0.1, 0.15) is 0 Å². The van der Waals surface area contributed by atoms with Crippen LogP contribution in [0.5, 0.6) is 0 Å². The fraction of sp³-hybridized carbons (Fsp3) is 0.533. The third-order valence-electron chi connectivity index (χ3n) is 3.08. The molecule has 1 aromatic carbocycles. The number of hydrogen-bond donors (Lipinski definition) is 1. The number of esters is 1. The minimum Gasteiger partial charge on any atom is -0.466 e. The van der Waals surface area contributed by atoms with Crippen molar-refractivity contribution in [3.63, 3.8) is 0 Å². The molecule has 0 aliphatic rings. The zero-order valence-electron chi connectivity index (χ0n) is 11.3. The molecule has 0 amide bonds. The Morgan fingerprint density at radius 3 is 2.56 bits per heavy atom. The van der Waals surface area contributed by atoms with Crippen molar-refractivity contribution in [2.75, 3.05) is 6.61 Å². The van der Waals surface area contributed by atoms with Crippen molar-refractivity contribution in [2.24, 2.45) is 5.92 Å². The summed E-state index contributed by atoms with van der Waals surface area (Å²) in [4.78, 5) is 11.9. The molecule has 1 aromatic rings. The Bertz CT molecular complexity index is 387. The number of benzene rings is 1. The molecule has 1 N–H and O–H groups in total. The van der Waals surface area contributed by atoms with E-state index in [4.69, 9.17) is 4.74 Å². The minimum atomic E-state index is -0.787. The van der Waals surface area contributed by atoms with Crippen molar-refractivity contribution in [3.05, 3.63) is 35.4 Å². The molecule has 0 heterocycles. The first-order valence-corrected chi connectivity index (χ1v) is 6.52. The third kappa shape index (κ3) is 3.57. The van der Waals surface area contributed by atoms with Gasteiger partial charge >= 0.3 is 5.97 Å². The maximum absolute atomic E-state index is 11.9. The summed E-state index contributed by atoms with van der Waals surface area (Å²) in [5.74, 6) is -0.786. The van der Waals surface area contributed by atoms with E-state index in [9.17, 15) is 9.90 Å². The highest BCUT2D eigenvalue weighted by atomic mass is 16.5. The van der Waals surface area contributed by atoms with Crippen LogP contribution in [0.3, 0.4) is 0 Å². The lowest BCUT2D eigenvalue weighted by Crippen LogP contribution is -2.25. The summed E-state index contributed by atoms with van der Waals surface area (Å²) >= 11 is 0. The molecule has 2 atom stereocenters. The molecule has 100 valence electrons. The molecule has 0 radical (unpaired) electrons. The zero-order chi connectivity index (χ0) is 13.5. The number of aliphatic hydroxyl groups excluding tert-OH is 1. The van der Waals surface area contributed by atoms with Gasteiger partial charge in [0.2, 0.25) is 0 Å². The monoisotopic (exact) mass is 250 g/mol. The topological polar surface area (TPSA) is 46.5 Å². The highest BCUT2D eigenvalue weighted by Gasteiger charge is 2.29. The van der Waals surface area contributed by atoms with Crippen molar-refractivity contribution in [2.45, 2.75) is 39.7 Å². The van der Waals surface area contributed by atoms with E-state index >= 15 is 0 Å². The standard InChI is InChI=1S/C15H22O3/c1-4-8-13(15(17)18-5-2)14(16)12-10-7-6-9-11(12)3/h6-7,9-10,13-14,16H,4-5,8H2,1-3H3. The molecule has 18 heavy (non-hydrogen) atoms. The van der Waals surface area contributed by atoms with Gasteiger partial charge in [-0.2, -0.15) is 0 Å². The predicted molar refractivity (Wildman–Crippen MR) is 71.2 cm³/mol. The van der Waals surface area contributed by atoms with Crippen LogP contribution in [0.4, 0.5) is 0 Å². The van der Waals surface area contributed by atoms with E-state index in [1.54, 1.807) is 6.92 Å². The molecule has 0 aliphatic carbocycles. The van der Waals surface area contributed by atoms with Crippen molar-refractivity contribution in [1.29, 1.82) is 0 Å². The van der Waals surface area contributed by atoms with Crippen molar-refractivity contribution >= 4 is 5.97 Å². The second kappa shape index (κ2) is 7.17. The van der Waals surface area contributed by atoms with Gasteiger partial charge in [-0.05, 0) is 31.4 Å². The van der Waals surface area contributed by atoms with E-state index in [1.165, 1.54) is 0 Å². The highest BCUT2D eigenvalue weighted by molar-refractivity contribution is 5.73. The smallest absolute Gasteiger partial charge is 0.311 e. The van der Waals surface area contributed by atoms with Crippen LogP contribution in [0, 0.1) is 12.8 Å². The quantitative estimate of drug-likeness (QED) is 0.789. The van der Waals surface area contributed by atoms with Crippen LogP contribution in [0.15, 0.2) is 24.3 Å². The molecule has 0 fully saturated rings. The largest absolute Gasteiger partial charge is 0.466 e. The molecule has 0 spiro atoms. The fourth-order valence-electron chi connectivity index (χ4n) is 2.10. The molecule has 1 rings (SSSR count). The first-order chi connectivity index (χ1) is 8.61. The van der Waals surface area contributed by atoms with Crippen LogP contribution in [0.1, 0.15) is 43.9 Å². The molecule has 2 unspecified atom stereocenters. The first-order valence-electron chi connectivity index (χ1n) is 6.52. The Balaban J connectivity index is 2.92. The maximum Gasteiger partial charge on any atom is 0.311 e. The summed E-state index contributed by atoms with van der Waals surface area (Å²) in [5, 5.41) is 10.4. The lowest BCUT2D eigenvalue weighted by Gasteiger charge is -2.22. The Morgan fingerprint density at radius 2 is 2.00 bits per heavy atom. The van der Waals surface area contributed by atoms with Crippen molar-refractivity contribution < 1.29 is 14.6 Å². The molecule has 0 aromatic heterocycles. The van der Waals surface area contributed by atoms with Gasteiger partial charge in [0, 0.05) is 0 Å². The van der Waals surface area contributed by atoms with Gasteiger partial charge in [-0.15, -0.1) is 0 Å². The number of hydrogen-bond acceptors (Lipinski definition) is 3. The minimum absolute atomic E-state index is 0.310. The number of aryl methyl sites for hydroxylation is 1. The van der Waals surface area contributed by atoms with Crippen LogP contribution < -0.4 is 0 Å². The van der Waals surface area contributed by atoms with Crippen molar-refractivity contribution in [3.8, 4) is 0 Å². The van der Waals surface area contributed by atoms with Gasteiger partial charge in [-0.3, -0.25) is 4.79 Å². The van der Waals surface area contributed by atoms with Crippen LogP contribution in [-0.2, 0) is 9.53 Å². The van der Waals surface area contributed by atoms with Gasteiger partial charge in [-0.1, -0.05) is 37.6 Å². The second-order valence-corrected chi connectivity index (χ2v) is 4.45. The maximum atomic E-state index is 11.9. The fourth-order valence-corrected chi connectivity index (χ4v) is 2.10. The molecule has 0 saturated carbocycles. The Labute approximate surface area is 109 Å². The van der Waals surface area contributed by atoms with E-state index in [0.29, 0.717) is 13.0 Å². The lowest BCUT2D eigenvalue weighted by atomic mass is 9.90. The summed E-state index contributed by atoms with van der Waals surface area (Å²) in [6, 6.07) is 7.60. The summed E-state index contributed by atoms with van der Waals surface area (Å²) < 4.78 is 5.04. The molecular weight excluding hydrogens is 228 g/mol. The van der Waals surface area contributed by atoms with Gasteiger partial charge in [0.25, 0.3) is 0 Å². The van der Waals surface area contributed by atoms with Gasteiger partial charge in [0.05, 0.1) is 18.6 Å². The predicted octanol–water partition coefficient (Wildman–Crippen LogP) is 3.01. The zero-order valence-corrected chi connectivity index (χ0v) is 11.3. The Hall–Kier alpha value is -1.35. The average molecular weight is 250 g/mol. The number of carbonyl (C=O) groups excluding carboxylic acids is 1. The van der Waals surface area contributed by atoms with Crippen LogP contribution in [-0.4, -0.2) is 17.7 Å². The highest BCUT2D eigenvalue weighted by Crippen LogP contribution is 2.29. The Kier molecular flexibility index (Phi) is 5.86. The first kappa shape index (κ1) is 14.7. The van der Waals surface area contributed by atoms with E-state index in [-0.39, 0.29) is 5.97 Å². The number of carbonyl (C=O) groups is 1. The van der Waals surface area contributed by atoms with E-state index in [1.807, 2.05) is 38.1 Å². The van der Waals surface area contributed by atoms with E-state index < -0.39 is 12.0 Å². The third-order valence-corrected chi connectivity index (χ3v) is 3.08. The molecule has 0 saturated heterocycles. The van der Waals surface area contributed by atoms with Gasteiger partial charge in [-0.25, -0.2) is 0 Å². The number of ether oxygens (including phenoxy) is 1.